The first-order valence-corrected chi connectivity index (χ1v) is 8.10. The van der Waals surface area contributed by atoms with Gasteiger partial charge in [-0.15, -0.1) is 0 Å². The number of benzene rings is 1. The van der Waals surface area contributed by atoms with Crippen LogP contribution in [0, 0.1) is 11.6 Å². The predicted molar refractivity (Wildman–Crippen MR) is 70.4 cm³/mol. The SMILES string of the molecule is O=C(CS(=O)(=O)c1ccc(F)c(F)c1)NC[C@H]1CCCO1. The largest absolute Gasteiger partial charge is 0.376 e. The lowest BCUT2D eigenvalue weighted by Gasteiger charge is -2.11. The van der Waals surface area contributed by atoms with Crippen molar-refractivity contribution in [3.63, 3.8) is 0 Å². The van der Waals surface area contributed by atoms with Crippen LogP contribution < -0.4 is 5.32 Å². The second-order valence-corrected chi connectivity index (χ2v) is 6.76. The second-order valence-electron chi connectivity index (χ2n) is 4.77. The predicted octanol–water partition coefficient (Wildman–Crippen LogP) is 1.03. The molecular formula is C13H15F2NO4S. The van der Waals surface area contributed by atoms with E-state index >= 15 is 0 Å². The Hall–Kier alpha value is -1.54. The zero-order chi connectivity index (χ0) is 15.5. The molecule has 0 bridgehead atoms. The summed E-state index contributed by atoms with van der Waals surface area (Å²) in [4.78, 5) is 11.2. The van der Waals surface area contributed by atoms with Crippen LogP contribution in [0.5, 0.6) is 0 Å². The number of hydrogen-bond acceptors (Lipinski definition) is 4. The fraction of sp³-hybridized carbons (Fsp3) is 0.462. The number of carbonyl (C=O) groups excluding carboxylic acids is 1. The highest BCUT2D eigenvalue weighted by molar-refractivity contribution is 7.92. The minimum absolute atomic E-state index is 0.0973. The molecule has 0 unspecified atom stereocenters. The fourth-order valence-corrected chi connectivity index (χ4v) is 3.18. The second kappa shape index (κ2) is 6.48. The van der Waals surface area contributed by atoms with Gasteiger partial charge >= 0.3 is 0 Å². The molecule has 1 atom stereocenters. The maximum Gasteiger partial charge on any atom is 0.235 e. The molecular weight excluding hydrogens is 304 g/mol. The first-order valence-electron chi connectivity index (χ1n) is 6.44. The van der Waals surface area contributed by atoms with Crippen molar-refractivity contribution in [2.45, 2.75) is 23.8 Å². The van der Waals surface area contributed by atoms with Gasteiger partial charge in [-0.3, -0.25) is 4.79 Å². The van der Waals surface area contributed by atoms with Crippen molar-refractivity contribution in [1.29, 1.82) is 0 Å². The Morgan fingerprint density at radius 3 is 2.71 bits per heavy atom. The third-order valence-corrected chi connectivity index (χ3v) is 4.74. The van der Waals surface area contributed by atoms with Gasteiger partial charge in [-0.25, -0.2) is 17.2 Å². The van der Waals surface area contributed by atoms with E-state index in [2.05, 4.69) is 5.32 Å². The Morgan fingerprint density at radius 2 is 2.10 bits per heavy atom. The van der Waals surface area contributed by atoms with E-state index in [0.717, 1.165) is 18.9 Å². The van der Waals surface area contributed by atoms with Gasteiger partial charge in [-0.2, -0.15) is 0 Å². The molecule has 1 saturated heterocycles. The smallest absolute Gasteiger partial charge is 0.235 e. The average molecular weight is 319 g/mol. The number of ether oxygens (including phenoxy) is 1. The lowest BCUT2D eigenvalue weighted by Crippen LogP contribution is -2.35. The van der Waals surface area contributed by atoms with Gasteiger partial charge in [0.25, 0.3) is 0 Å². The highest BCUT2D eigenvalue weighted by Gasteiger charge is 2.22. The van der Waals surface area contributed by atoms with E-state index in [9.17, 15) is 22.0 Å². The normalized spacial score (nSPS) is 18.7. The fourth-order valence-electron chi connectivity index (χ4n) is 2.01. The molecule has 0 radical (unpaired) electrons. The molecule has 1 fully saturated rings. The van der Waals surface area contributed by atoms with Gasteiger partial charge in [0.2, 0.25) is 5.91 Å². The van der Waals surface area contributed by atoms with Crippen molar-refractivity contribution >= 4 is 15.7 Å². The van der Waals surface area contributed by atoms with Gasteiger partial charge in [-0.05, 0) is 31.0 Å². The molecule has 1 heterocycles. The summed E-state index contributed by atoms with van der Waals surface area (Å²) in [5.41, 5.74) is 0. The number of nitrogens with one attached hydrogen (secondary N) is 1. The van der Waals surface area contributed by atoms with Crippen molar-refractivity contribution in [1.82, 2.24) is 5.32 Å². The monoisotopic (exact) mass is 319 g/mol. The van der Waals surface area contributed by atoms with Crippen LogP contribution in [0.15, 0.2) is 23.1 Å². The Kier molecular flexibility index (Phi) is 4.89. The maximum atomic E-state index is 13.0. The summed E-state index contributed by atoms with van der Waals surface area (Å²) >= 11 is 0. The van der Waals surface area contributed by atoms with E-state index < -0.39 is 38.0 Å². The highest BCUT2D eigenvalue weighted by atomic mass is 32.2. The van der Waals surface area contributed by atoms with Gasteiger partial charge in [0.15, 0.2) is 21.5 Å². The number of sulfone groups is 1. The number of amides is 1. The lowest BCUT2D eigenvalue weighted by atomic mass is 10.2. The van der Waals surface area contributed by atoms with Gasteiger partial charge in [-0.1, -0.05) is 0 Å². The molecule has 5 nitrogen and oxygen atoms in total. The number of hydrogen-bond donors (Lipinski definition) is 1. The van der Waals surface area contributed by atoms with Crippen LogP contribution >= 0.6 is 0 Å². The van der Waals surface area contributed by atoms with E-state index in [1.807, 2.05) is 0 Å². The van der Waals surface area contributed by atoms with Crippen molar-refractivity contribution in [2.24, 2.45) is 0 Å². The summed E-state index contributed by atoms with van der Waals surface area (Å²) in [6.07, 6.45) is 1.63. The van der Waals surface area contributed by atoms with E-state index in [-0.39, 0.29) is 12.6 Å². The van der Waals surface area contributed by atoms with Crippen molar-refractivity contribution < 1.29 is 26.7 Å². The van der Waals surface area contributed by atoms with Crippen molar-refractivity contribution in [2.75, 3.05) is 18.9 Å². The standard InChI is InChI=1S/C13H15F2NO4S/c14-11-4-3-10(6-12(11)15)21(18,19)8-13(17)16-7-9-2-1-5-20-9/h3-4,6,9H,1-2,5,7-8H2,(H,16,17)/t9-/m1/s1. The molecule has 1 aliphatic rings. The van der Waals surface area contributed by atoms with Crippen LogP contribution in [-0.2, 0) is 19.4 Å². The van der Waals surface area contributed by atoms with E-state index in [0.29, 0.717) is 18.7 Å². The van der Waals surface area contributed by atoms with Gasteiger partial charge < -0.3 is 10.1 Å². The molecule has 1 amide bonds. The van der Waals surface area contributed by atoms with Crippen LogP contribution in [0.4, 0.5) is 8.78 Å². The van der Waals surface area contributed by atoms with E-state index in [1.54, 1.807) is 0 Å². The van der Waals surface area contributed by atoms with Crippen LogP contribution in [-0.4, -0.2) is 39.3 Å². The minimum Gasteiger partial charge on any atom is -0.376 e. The third kappa shape index (κ3) is 4.21. The Balaban J connectivity index is 1.96. The molecule has 0 saturated carbocycles. The van der Waals surface area contributed by atoms with E-state index in [1.165, 1.54) is 0 Å². The summed E-state index contributed by atoms with van der Waals surface area (Å²) in [5.74, 6) is -3.92. The van der Waals surface area contributed by atoms with Gasteiger partial charge in [0.1, 0.15) is 5.75 Å². The quantitative estimate of drug-likeness (QED) is 0.823. The van der Waals surface area contributed by atoms with E-state index in [4.69, 9.17) is 4.74 Å². The summed E-state index contributed by atoms with van der Waals surface area (Å²) in [5, 5.41) is 2.47. The summed E-state index contributed by atoms with van der Waals surface area (Å²) in [6.45, 7) is 0.875. The van der Waals surface area contributed by atoms with Crippen LogP contribution in [0.2, 0.25) is 0 Å². The zero-order valence-corrected chi connectivity index (χ0v) is 12.0. The molecule has 0 aromatic heterocycles. The first kappa shape index (κ1) is 15.8. The summed E-state index contributed by atoms with van der Waals surface area (Å²) in [6, 6.07) is 2.21. The molecule has 1 aromatic rings. The molecule has 2 rings (SSSR count). The van der Waals surface area contributed by atoms with Crippen LogP contribution in [0.25, 0.3) is 0 Å². The van der Waals surface area contributed by atoms with Crippen molar-refractivity contribution in [3.8, 4) is 0 Å². The molecule has 1 N–H and O–H groups in total. The van der Waals surface area contributed by atoms with Crippen LogP contribution in [0.3, 0.4) is 0 Å². The number of rotatable bonds is 5. The van der Waals surface area contributed by atoms with Gasteiger partial charge in [0, 0.05) is 13.2 Å². The Morgan fingerprint density at radius 1 is 1.33 bits per heavy atom. The zero-order valence-electron chi connectivity index (χ0n) is 11.1. The molecule has 1 aliphatic heterocycles. The minimum atomic E-state index is -4.00. The molecule has 21 heavy (non-hydrogen) atoms. The summed E-state index contributed by atoms with van der Waals surface area (Å²) in [7, 11) is -4.00. The summed E-state index contributed by atoms with van der Waals surface area (Å²) < 4.78 is 55.0. The first-order chi connectivity index (χ1) is 9.88. The molecule has 116 valence electrons. The van der Waals surface area contributed by atoms with Crippen molar-refractivity contribution in [3.05, 3.63) is 29.8 Å². The number of carbonyl (C=O) groups is 1. The average Bonchev–Trinajstić information content (AvgIpc) is 2.92. The highest BCUT2D eigenvalue weighted by Crippen LogP contribution is 2.15. The van der Waals surface area contributed by atoms with Crippen LogP contribution in [0.1, 0.15) is 12.8 Å². The maximum absolute atomic E-state index is 13.0. The molecule has 0 aliphatic carbocycles. The number of halogens is 2. The Labute approximate surface area is 121 Å². The third-order valence-electron chi connectivity index (χ3n) is 3.12. The molecule has 0 spiro atoms. The molecule has 1 aromatic carbocycles. The lowest BCUT2D eigenvalue weighted by molar-refractivity contribution is -0.119. The topological polar surface area (TPSA) is 72.5 Å². The molecule has 8 heteroatoms. The van der Waals surface area contributed by atoms with Gasteiger partial charge in [0.05, 0.1) is 11.0 Å². The Bertz CT molecular complexity index is 627.